The van der Waals surface area contributed by atoms with Crippen molar-refractivity contribution < 1.29 is 19.1 Å². The number of carbonyl (C=O) groups excluding carboxylic acids is 2. The molecule has 2 aromatic carbocycles. The fourth-order valence-electron chi connectivity index (χ4n) is 2.80. The molecular formula is C21H22N4O4S. The number of rotatable bonds is 8. The zero-order valence-electron chi connectivity index (χ0n) is 16.7. The van der Waals surface area contributed by atoms with Crippen LogP contribution in [-0.2, 0) is 20.9 Å². The Bertz CT molecular complexity index is 1090. The van der Waals surface area contributed by atoms with Gasteiger partial charge in [-0.1, -0.05) is 23.8 Å². The van der Waals surface area contributed by atoms with Crippen LogP contribution in [0.5, 0.6) is 5.75 Å². The van der Waals surface area contributed by atoms with Gasteiger partial charge in [0.25, 0.3) is 0 Å². The Balaban J connectivity index is 1.58. The number of hydrogen-bond acceptors (Lipinski definition) is 6. The number of aromatic nitrogens is 3. The number of nitrogens with zero attached hydrogens (tertiary/aromatic N) is 2. The molecule has 2 N–H and O–H groups in total. The van der Waals surface area contributed by atoms with Crippen LogP contribution in [0.15, 0.2) is 48.5 Å². The molecule has 0 aliphatic rings. The van der Waals surface area contributed by atoms with Crippen molar-refractivity contribution in [2.45, 2.75) is 19.9 Å². The summed E-state index contributed by atoms with van der Waals surface area (Å²) in [5.74, 6) is 0.585. The van der Waals surface area contributed by atoms with E-state index in [1.807, 2.05) is 35.8 Å². The van der Waals surface area contributed by atoms with Gasteiger partial charge in [0.1, 0.15) is 5.75 Å². The average molecular weight is 426 g/mol. The van der Waals surface area contributed by atoms with Crippen LogP contribution < -0.4 is 10.1 Å². The molecule has 3 aromatic rings. The number of hydrogen-bond donors (Lipinski definition) is 2. The number of carbonyl (C=O) groups is 2. The Labute approximate surface area is 178 Å². The number of ether oxygens (including phenoxy) is 2. The number of anilines is 1. The van der Waals surface area contributed by atoms with Gasteiger partial charge in [0.05, 0.1) is 7.11 Å². The summed E-state index contributed by atoms with van der Waals surface area (Å²) in [6.45, 7) is 2.23. The lowest BCUT2D eigenvalue weighted by molar-refractivity contribution is -0.142. The molecule has 30 heavy (non-hydrogen) atoms. The molecule has 0 aliphatic carbocycles. The normalized spacial score (nSPS) is 10.5. The molecule has 1 amide bonds. The van der Waals surface area contributed by atoms with Crippen molar-refractivity contribution in [1.29, 1.82) is 0 Å². The van der Waals surface area contributed by atoms with Gasteiger partial charge < -0.3 is 14.8 Å². The minimum Gasteiger partial charge on any atom is -0.482 e. The maximum absolute atomic E-state index is 12.4. The largest absolute Gasteiger partial charge is 0.482 e. The average Bonchev–Trinajstić information content (AvgIpc) is 3.12. The van der Waals surface area contributed by atoms with E-state index in [1.54, 1.807) is 24.3 Å². The van der Waals surface area contributed by atoms with E-state index in [2.05, 4.69) is 20.3 Å². The van der Waals surface area contributed by atoms with Gasteiger partial charge >= 0.3 is 5.97 Å². The van der Waals surface area contributed by atoms with Crippen molar-refractivity contribution in [2.24, 2.45) is 0 Å². The quantitative estimate of drug-likeness (QED) is 0.423. The van der Waals surface area contributed by atoms with Gasteiger partial charge in [-0.3, -0.25) is 14.5 Å². The van der Waals surface area contributed by atoms with Gasteiger partial charge in [-0.2, -0.15) is 5.10 Å². The minimum absolute atomic E-state index is 0.156. The number of aryl methyl sites for hydroxylation is 1. The number of esters is 1. The Morgan fingerprint density at radius 1 is 1.20 bits per heavy atom. The van der Waals surface area contributed by atoms with Crippen molar-refractivity contribution in [3.8, 4) is 17.1 Å². The Kier molecular flexibility index (Phi) is 6.97. The van der Waals surface area contributed by atoms with Gasteiger partial charge in [0.2, 0.25) is 5.91 Å². The standard InChI is InChI=1S/C21H22N4O4S/c1-14-4-3-5-15(12-14)20-23-24-21(30)25(20)11-10-18(26)22-16-6-8-17(9-7-16)29-13-19(27)28-2/h3-9,12H,10-11,13H2,1-2H3,(H,22,26)(H,24,30). The number of aromatic amines is 1. The van der Waals surface area contributed by atoms with Gasteiger partial charge in [0, 0.05) is 24.2 Å². The lowest BCUT2D eigenvalue weighted by atomic mass is 10.1. The highest BCUT2D eigenvalue weighted by Crippen LogP contribution is 2.19. The van der Waals surface area contributed by atoms with Gasteiger partial charge in [-0.05, 0) is 49.5 Å². The van der Waals surface area contributed by atoms with Gasteiger partial charge in [0.15, 0.2) is 17.2 Å². The highest BCUT2D eigenvalue weighted by Gasteiger charge is 2.11. The maximum Gasteiger partial charge on any atom is 0.343 e. The molecule has 0 saturated heterocycles. The maximum atomic E-state index is 12.4. The van der Waals surface area contributed by atoms with E-state index in [4.69, 9.17) is 17.0 Å². The van der Waals surface area contributed by atoms with Crippen LogP contribution >= 0.6 is 12.2 Å². The summed E-state index contributed by atoms with van der Waals surface area (Å²) in [7, 11) is 1.30. The zero-order chi connectivity index (χ0) is 21.5. The third kappa shape index (κ3) is 5.54. The third-order valence-electron chi connectivity index (χ3n) is 4.32. The van der Waals surface area contributed by atoms with E-state index in [9.17, 15) is 9.59 Å². The lowest BCUT2D eigenvalue weighted by Gasteiger charge is -2.09. The first-order valence-electron chi connectivity index (χ1n) is 9.28. The van der Waals surface area contributed by atoms with Crippen LogP contribution in [0.25, 0.3) is 11.4 Å². The summed E-state index contributed by atoms with van der Waals surface area (Å²) in [4.78, 5) is 23.5. The van der Waals surface area contributed by atoms with E-state index in [-0.39, 0.29) is 18.9 Å². The first kappa shape index (κ1) is 21.3. The molecule has 9 heteroatoms. The van der Waals surface area contributed by atoms with Crippen LogP contribution in [0.2, 0.25) is 0 Å². The minimum atomic E-state index is -0.463. The molecule has 1 aromatic heterocycles. The Morgan fingerprint density at radius 2 is 1.97 bits per heavy atom. The molecule has 3 rings (SSSR count). The Morgan fingerprint density at radius 3 is 2.67 bits per heavy atom. The summed E-state index contributed by atoms with van der Waals surface area (Å²) >= 11 is 5.32. The SMILES string of the molecule is COC(=O)COc1ccc(NC(=O)CCn2c(-c3cccc(C)c3)n[nH]c2=S)cc1. The molecule has 0 radical (unpaired) electrons. The molecule has 0 bridgehead atoms. The smallest absolute Gasteiger partial charge is 0.343 e. The van der Waals surface area contributed by atoms with E-state index in [0.29, 0.717) is 28.6 Å². The summed E-state index contributed by atoms with van der Waals surface area (Å²) in [5, 5.41) is 9.93. The second kappa shape index (κ2) is 9.84. The highest BCUT2D eigenvalue weighted by atomic mass is 32.1. The van der Waals surface area contributed by atoms with Crippen LogP contribution in [-0.4, -0.2) is 40.4 Å². The van der Waals surface area contributed by atoms with Crippen LogP contribution in [0.4, 0.5) is 5.69 Å². The summed E-state index contributed by atoms with van der Waals surface area (Å²) in [5.41, 5.74) is 2.68. The van der Waals surface area contributed by atoms with E-state index >= 15 is 0 Å². The first-order valence-corrected chi connectivity index (χ1v) is 9.69. The van der Waals surface area contributed by atoms with Crippen molar-refractivity contribution in [3.63, 3.8) is 0 Å². The highest BCUT2D eigenvalue weighted by molar-refractivity contribution is 7.71. The number of methoxy groups -OCH3 is 1. The van der Waals surface area contributed by atoms with E-state index < -0.39 is 5.97 Å². The zero-order valence-corrected chi connectivity index (χ0v) is 17.5. The fourth-order valence-corrected chi connectivity index (χ4v) is 3.03. The molecule has 0 atom stereocenters. The molecule has 156 valence electrons. The van der Waals surface area contributed by atoms with Crippen molar-refractivity contribution in [2.75, 3.05) is 19.0 Å². The number of amides is 1. The van der Waals surface area contributed by atoms with Crippen LogP contribution in [0.3, 0.4) is 0 Å². The van der Waals surface area contributed by atoms with Crippen molar-refractivity contribution in [1.82, 2.24) is 14.8 Å². The van der Waals surface area contributed by atoms with Crippen LogP contribution in [0.1, 0.15) is 12.0 Å². The second-order valence-corrected chi connectivity index (χ2v) is 6.95. The molecule has 0 aliphatic heterocycles. The Hall–Kier alpha value is -3.46. The number of nitrogens with one attached hydrogen (secondary N) is 2. The number of benzene rings is 2. The molecule has 1 heterocycles. The lowest BCUT2D eigenvalue weighted by Crippen LogP contribution is -2.15. The predicted molar refractivity (Wildman–Crippen MR) is 115 cm³/mol. The topological polar surface area (TPSA) is 98.2 Å². The third-order valence-corrected chi connectivity index (χ3v) is 4.63. The molecular weight excluding hydrogens is 404 g/mol. The first-order chi connectivity index (χ1) is 14.5. The van der Waals surface area contributed by atoms with Crippen LogP contribution in [0, 0.1) is 11.7 Å². The predicted octanol–water partition coefficient (Wildman–Crippen LogP) is 3.50. The van der Waals surface area contributed by atoms with E-state index in [0.717, 1.165) is 11.1 Å². The molecule has 0 spiro atoms. The van der Waals surface area contributed by atoms with Crippen molar-refractivity contribution >= 4 is 29.8 Å². The van der Waals surface area contributed by atoms with Gasteiger partial charge in [-0.25, -0.2) is 4.79 Å². The molecule has 0 saturated carbocycles. The van der Waals surface area contributed by atoms with Crippen molar-refractivity contribution in [3.05, 3.63) is 58.9 Å². The molecule has 8 nitrogen and oxygen atoms in total. The second-order valence-electron chi connectivity index (χ2n) is 6.56. The fraction of sp³-hybridized carbons (Fsp3) is 0.238. The molecule has 0 unspecified atom stereocenters. The monoisotopic (exact) mass is 426 g/mol. The van der Waals surface area contributed by atoms with E-state index in [1.165, 1.54) is 7.11 Å². The number of H-pyrrole nitrogens is 1. The van der Waals surface area contributed by atoms with Gasteiger partial charge in [-0.15, -0.1) is 0 Å². The summed E-state index contributed by atoms with van der Waals surface area (Å²) in [6.07, 6.45) is 0.229. The molecule has 0 fully saturated rings. The summed E-state index contributed by atoms with van der Waals surface area (Å²) in [6, 6.07) is 14.7. The summed E-state index contributed by atoms with van der Waals surface area (Å²) < 4.78 is 12.1.